The second-order valence-corrected chi connectivity index (χ2v) is 8.08. The summed E-state index contributed by atoms with van der Waals surface area (Å²) in [5.74, 6) is 2.63. The summed E-state index contributed by atoms with van der Waals surface area (Å²) in [6.07, 6.45) is 8.22. The molecule has 2 saturated carbocycles. The molecule has 4 rings (SSSR count). The minimum atomic E-state index is 0.633. The van der Waals surface area contributed by atoms with Gasteiger partial charge in [-0.15, -0.1) is 0 Å². The Balaban J connectivity index is 1.23. The van der Waals surface area contributed by atoms with E-state index in [1.54, 1.807) is 0 Å². The predicted molar refractivity (Wildman–Crippen MR) is 108 cm³/mol. The van der Waals surface area contributed by atoms with Crippen LogP contribution in [0.1, 0.15) is 62.5 Å². The van der Waals surface area contributed by atoms with Crippen LogP contribution in [-0.2, 0) is 6.61 Å². The summed E-state index contributed by atoms with van der Waals surface area (Å²) in [5, 5.41) is 3.92. The van der Waals surface area contributed by atoms with Gasteiger partial charge in [-0.05, 0) is 61.3 Å². The molecule has 0 saturated heterocycles. The summed E-state index contributed by atoms with van der Waals surface area (Å²) >= 11 is 0. The highest BCUT2D eigenvalue weighted by molar-refractivity contribution is 5.34. The van der Waals surface area contributed by atoms with Crippen molar-refractivity contribution in [2.45, 2.75) is 70.1 Å². The summed E-state index contributed by atoms with van der Waals surface area (Å²) in [6, 6.07) is 20.5. The standard InChI is InChI=1S/C24H31NO/c1-2-18-8-12-21(13-9-18)25-24-16-23(24)20-10-14-22(15-11-20)26-17-19-6-4-3-5-7-19/h3-7,10-11,14-15,18,21,23-25H,2,8-9,12-13,16-17H2,1H3/t18?,21?,23-,24+/m1/s1. The maximum absolute atomic E-state index is 5.90. The second-order valence-electron chi connectivity index (χ2n) is 8.08. The molecule has 2 aliphatic rings. The molecule has 2 atom stereocenters. The van der Waals surface area contributed by atoms with E-state index in [1.165, 1.54) is 49.7 Å². The predicted octanol–water partition coefficient (Wildman–Crippen LogP) is 5.68. The van der Waals surface area contributed by atoms with Gasteiger partial charge in [0.25, 0.3) is 0 Å². The van der Waals surface area contributed by atoms with Crippen molar-refractivity contribution < 1.29 is 4.74 Å². The minimum Gasteiger partial charge on any atom is -0.489 e. The van der Waals surface area contributed by atoms with Crippen LogP contribution >= 0.6 is 0 Å². The lowest BCUT2D eigenvalue weighted by molar-refractivity contribution is 0.284. The van der Waals surface area contributed by atoms with Crippen molar-refractivity contribution in [2.24, 2.45) is 5.92 Å². The molecule has 138 valence electrons. The third-order valence-electron chi connectivity index (χ3n) is 6.22. The minimum absolute atomic E-state index is 0.633. The molecule has 0 amide bonds. The summed E-state index contributed by atoms with van der Waals surface area (Å²) in [4.78, 5) is 0. The van der Waals surface area contributed by atoms with E-state index in [1.807, 2.05) is 6.07 Å². The first kappa shape index (κ1) is 17.6. The van der Waals surface area contributed by atoms with E-state index in [0.717, 1.165) is 17.7 Å². The number of hydrogen-bond donors (Lipinski definition) is 1. The molecule has 2 aromatic carbocycles. The molecular formula is C24H31NO. The van der Waals surface area contributed by atoms with E-state index < -0.39 is 0 Å². The van der Waals surface area contributed by atoms with Crippen molar-refractivity contribution in [3.05, 3.63) is 65.7 Å². The maximum Gasteiger partial charge on any atom is 0.119 e. The molecule has 2 heteroatoms. The van der Waals surface area contributed by atoms with Crippen LogP contribution < -0.4 is 10.1 Å². The molecular weight excluding hydrogens is 318 g/mol. The van der Waals surface area contributed by atoms with Gasteiger partial charge in [0.2, 0.25) is 0 Å². The first-order valence-electron chi connectivity index (χ1n) is 10.3. The van der Waals surface area contributed by atoms with E-state index in [-0.39, 0.29) is 0 Å². The lowest BCUT2D eigenvalue weighted by Gasteiger charge is -2.28. The largest absolute Gasteiger partial charge is 0.489 e. The van der Waals surface area contributed by atoms with Crippen molar-refractivity contribution in [1.29, 1.82) is 0 Å². The first-order valence-corrected chi connectivity index (χ1v) is 10.3. The van der Waals surface area contributed by atoms with E-state index in [2.05, 4.69) is 60.8 Å². The average molecular weight is 350 g/mol. The highest BCUT2D eigenvalue weighted by Gasteiger charge is 2.39. The van der Waals surface area contributed by atoms with E-state index in [4.69, 9.17) is 4.74 Å². The van der Waals surface area contributed by atoms with Gasteiger partial charge in [0, 0.05) is 18.0 Å². The van der Waals surface area contributed by atoms with Gasteiger partial charge in [0.1, 0.15) is 12.4 Å². The molecule has 0 spiro atoms. The van der Waals surface area contributed by atoms with Crippen LogP contribution in [0.15, 0.2) is 54.6 Å². The fraction of sp³-hybridized carbons (Fsp3) is 0.500. The van der Waals surface area contributed by atoms with Crippen molar-refractivity contribution in [2.75, 3.05) is 0 Å². The summed E-state index contributed by atoms with van der Waals surface area (Å²) < 4.78 is 5.90. The van der Waals surface area contributed by atoms with E-state index in [9.17, 15) is 0 Å². The number of ether oxygens (including phenoxy) is 1. The second kappa shape index (κ2) is 8.26. The van der Waals surface area contributed by atoms with Gasteiger partial charge in [-0.1, -0.05) is 55.8 Å². The summed E-state index contributed by atoms with van der Waals surface area (Å²) in [6.45, 7) is 2.97. The molecule has 2 nitrogen and oxygen atoms in total. The molecule has 0 heterocycles. The Morgan fingerprint density at radius 1 is 0.923 bits per heavy atom. The quantitative estimate of drug-likeness (QED) is 0.694. The maximum atomic E-state index is 5.90. The average Bonchev–Trinajstić information content (AvgIpc) is 3.47. The molecule has 0 aliphatic heterocycles. The van der Waals surface area contributed by atoms with Gasteiger partial charge in [-0.25, -0.2) is 0 Å². The Labute approximate surface area is 158 Å². The number of nitrogens with one attached hydrogen (secondary N) is 1. The normalized spacial score (nSPS) is 27.9. The molecule has 2 fully saturated rings. The summed E-state index contributed by atoms with van der Waals surface area (Å²) in [7, 11) is 0. The van der Waals surface area contributed by atoms with Crippen LogP contribution in [-0.4, -0.2) is 12.1 Å². The molecule has 2 aliphatic carbocycles. The smallest absolute Gasteiger partial charge is 0.119 e. The third-order valence-corrected chi connectivity index (χ3v) is 6.22. The fourth-order valence-corrected chi connectivity index (χ4v) is 4.34. The highest BCUT2D eigenvalue weighted by Crippen LogP contribution is 2.42. The highest BCUT2D eigenvalue weighted by atomic mass is 16.5. The van der Waals surface area contributed by atoms with Gasteiger partial charge >= 0.3 is 0 Å². The molecule has 2 aromatic rings. The van der Waals surface area contributed by atoms with Crippen LogP contribution in [0.5, 0.6) is 5.75 Å². The molecule has 0 aromatic heterocycles. The lowest BCUT2D eigenvalue weighted by Crippen LogP contribution is -2.35. The Morgan fingerprint density at radius 2 is 1.65 bits per heavy atom. The molecule has 0 bridgehead atoms. The van der Waals surface area contributed by atoms with Gasteiger partial charge < -0.3 is 10.1 Å². The SMILES string of the molecule is CCC1CCC(N[C@H]2C[C@@H]2c2ccc(OCc3ccccc3)cc2)CC1. The van der Waals surface area contributed by atoms with Gasteiger partial charge in [0.15, 0.2) is 0 Å². The van der Waals surface area contributed by atoms with Crippen molar-refractivity contribution in [1.82, 2.24) is 5.32 Å². The Kier molecular flexibility index (Phi) is 5.59. The van der Waals surface area contributed by atoms with Gasteiger partial charge in [-0.3, -0.25) is 0 Å². The first-order chi connectivity index (χ1) is 12.8. The van der Waals surface area contributed by atoms with Gasteiger partial charge in [0.05, 0.1) is 0 Å². The monoisotopic (exact) mass is 349 g/mol. The van der Waals surface area contributed by atoms with Crippen molar-refractivity contribution >= 4 is 0 Å². The summed E-state index contributed by atoms with van der Waals surface area (Å²) in [5.41, 5.74) is 2.66. The van der Waals surface area contributed by atoms with E-state index in [0.29, 0.717) is 18.6 Å². The molecule has 26 heavy (non-hydrogen) atoms. The zero-order chi connectivity index (χ0) is 17.8. The van der Waals surface area contributed by atoms with Crippen LogP contribution in [0.3, 0.4) is 0 Å². The number of rotatable bonds is 7. The Hall–Kier alpha value is -1.80. The zero-order valence-corrected chi connectivity index (χ0v) is 15.9. The molecule has 0 unspecified atom stereocenters. The third kappa shape index (κ3) is 4.48. The Bertz CT molecular complexity index is 673. The lowest BCUT2D eigenvalue weighted by atomic mass is 9.84. The van der Waals surface area contributed by atoms with Crippen LogP contribution in [0.25, 0.3) is 0 Å². The van der Waals surface area contributed by atoms with Crippen LogP contribution in [0, 0.1) is 5.92 Å². The van der Waals surface area contributed by atoms with Crippen LogP contribution in [0.4, 0.5) is 0 Å². The zero-order valence-electron chi connectivity index (χ0n) is 15.9. The topological polar surface area (TPSA) is 21.3 Å². The van der Waals surface area contributed by atoms with Crippen LogP contribution in [0.2, 0.25) is 0 Å². The fourth-order valence-electron chi connectivity index (χ4n) is 4.34. The molecule has 1 N–H and O–H groups in total. The number of benzene rings is 2. The van der Waals surface area contributed by atoms with Crippen molar-refractivity contribution in [3.8, 4) is 5.75 Å². The van der Waals surface area contributed by atoms with E-state index >= 15 is 0 Å². The number of hydrogen-bond acceptors (Lipinski definition) is 2. The molecule has 0 radical (unpaired) electrons. The van der Waals surface area contributed by atoms with Gasteiger partial charge in [-0.2, -0.15) is 0 Å². The van der Waals surface area contributed by atoms with Crippen molar-refractivity contribution in [3.63, 3.8) is 0 Å². The Morgan fingerprint density at radius 3 is 2.35 bits per heavy atom.